The molecule has 0 spiro atoms. The lowest BCUT2D eigenvalue weighted by molar-refractivity contribution is -0.137. The molecule has 0 bridgehead atoms. The Hall–Kier alpha value is -1.21. The van der Waals surface area contributed by atoms with Gasteiger partial charge in [-0.05, 0) is 19.8 Å². The fourth-order valence-corrected chi connectivity index (χ4v) is 3.78. The quantitative estimate of drug-likeness (QED) is 0.872. The Balaban J connectivity index is 1.59. The van der Waals surface area contributed by atoms with Gasteiger partial charge in [-0.3, -0.25) is 4.79 Å². The highest BCUT2D eigenvalue weighted by Crippen LogP contribution is 2.29. The first-order chi connectivity index (χ1) is 9.58. The van der Waals surface area contributed by atoms with E-state index < -0.39 is 5.54 Å². The van der Waals surface area contributed by atoms with E-state index in [2.05, 4.69) is 14.3 Å². The highest BCUT2D eigenvalue weighted by atomic mass is 32.1. The van der Waals surface area contributed by atoms with Crippen LogP contribution in [0.25, 0.3) is 0 Å². The van der Waals surface area contributed by atoms with Crippen molar-refractivity contribution in [1.82, 2.24) is 14.3 Å². The van der Waals surface area contributed by atoms with E-state index in [1.165, 1.54) is 11.5 Å². The number of amides is 1. The molecule has 1 aliphatic heterocycles. The number of nitrogens with two attached hydrogens (primary N) is 1. The number of anilines is 1. The maximum absolute atomic E-state index is 12.5. The van der Waals surface area contributed by atoms with Gasteiger partial charge >= 0.3 is 0 Å². The van der Waals surface area contributed by atoms with Crippen LogP contribution in [0, 0.1) is 6.92 Å². The summed E-state index contributed by atoms with van der Waals surface area (Å²) in [5, 5.41) is 0.956. The van der Waals surface area contributed by atoms with Crippen LogP contribution < -0.4 is 10.6 Å². The molecule has 0 atom stereocenters. The van der Waals surface area contributed by atoms with E-state index in [0.29, 0.717) is 0 Å². The van der Waals surface area contributed by atoms with Crippen molar-refractivity contribution >= 4 is 22.6 Å². The normalized spacial score (nSPS) is 22.3. The second-order valence-electron chi connectivity index (χ2n) is 5.77. The molecule has 1 amide bonds. The summed E-state index contributed by atoms with van der Waals surface area (Å²) >= 11 is 1.43. The molecule has 0 unspecified atom stereocenters. The molecule has 1 aromatic rings. The SMILES string of the molecule is Cc1nsc(N2CCN(C(=O)C3(N)CCCC3)CC2)n1. The molecule has 0 radical (unpaired) electrons. The first kappa shape index (κ1) is 13.8. The Morgan fingerprint density at radius 3 is 2.45 bits per heavy atom. The summed E-state index contributed by atoms with van der Waals surface area (Å²) in [6.07, 6.45) is 3.82. The predicted molar refractivity (Wildman–Crippen MR) is 78.8 cm³/mol. The number of aryl methyl sites for hydroxylation is 1. The van der Waals surface area contributed by atoms with Crippen LogP contribution in [0.15, 0.2) is 0 Å². The maximum Gasteiger partial charge on any atom is 0.242 e. The molecule has 1 saturated carbocycles. The van der Waals surface area contributed by atoms with Crippen LogP contribution in [-0.2, 0) is 4.79 Å². The van der Waals surface area contributed by atoms with Crippen molar-refractivity contribution in [3.05, 3.63) is 5.82 Å². The Labute approximate surface area is 123 Å². The molecule has 3 rings (SSSR count). The molecule has 7 heteroatoms. The van der Waals surface area contributed by atoms with Gasteiger partial charge in [0.1, 0.15) is 5.82 Å². The summed E-state index contributed by atoms with van der Waals surface area (Å²) in [4.78, 5) is 21.1. The van der Waals surface area contributed by atoms with Crippen LogP contribution in [0.4, 0.5) is 5.13 Å². The molecule has 1 aromatic heterocycles. The van der Waals surface area contributed by atoms with Gasteiger partial charge in [-0.15, -0.1) is 0 Å². The Kier molecular flexibility index (Phi) is 3.64. The van der Waals surface area contributed by atoms with Gasteiger partial charge in [0.15, 0.2) is 0 Å². The third-order valence-electron chi connectivity index (χ3n) is 4.28. The summed E-state index contributed by atoms with van der Waals surface area (Å²) in [7, 11) is 0. The maximum atomic E-state index is 12.5. The van der Waals surface area contributed by atoms with Gasteiger partial charge in [0, 0.05) is 37.7 Å². The van der Waals surface area contributed by atoms with Crippen LogP contribution in [-0.4, -0.2) is 51.9 Å². The molecule has 0 aromatic carbocycles. The van der Waals surface area contributed by atoms with E-state index in [9.17, 15) is 4.79 Å². The van der Waals surface area contributed by atoms with Gasteiger partial charge in [-0.25, -0.2) is 4.98 Å². The number of aromatic nitrogens is 2. The molecular weight excluding hydrogens is 274 g/mol. The van der Waals surface area contributed by atoms with Crippen molar-refractivity contribution in [2.75, 3.05) is 31.1 Å². The minimum atomic E-state index is -0.596. The average Bonchev–Trinajstić information content (AvgIpc) is 3.08. The van der Waals surface area contributed by atoms with Gasteiger partial charge in [0.25, 0.3) is 0 Å². The first-order valence-electron chi connectivity index (χ1n) is 7.22. The smallest absolute Gasteiger partial charge is 0.242 e. The van der Waals surface area contributed by atoms with Crippen molar-refractivity contribution in [3.63, 3.8) is 0 Å². The zero-order valence-corrected chi connectivity index (χ0v) is 12.7. The molecule has 2 N–H and O–H groups in total. The molecule has 2 fully saturated rings. The number of hydrogen-bond acceptors (Lipinski definition) is 6. The average molecular weight is 295 g/mol. The molecule has 6 nitrogen and oxygen atoms in total. The van der Waals surface area contributed by atoms with Crippen LogP contribution in [0.3, 0.4) is 0 Å². The first-order valence-corrected chi connectivity index (χ1v) is 7.99. The zero-order chi connectivity index (χ0) is 14.2. The number of hydrogen-bond donors (Lipinski definition) is 1. The Bertz CT molecular complexity index is 489. The number of carbonyl (C=O) groups is 1. The highest BCUT2D eigenvalue weighted by molar-refractivity contribution is 7.09. The van der Waals surface area contributed by atoms with E-state index in [4.69, 9.17) is 5.73 Å². The van der Waals surface area contributed by atoms with Gasteiger partial charge in [-0.2, -0.15) is 4.37 Å². The van der Waals surface area contributed by atoms with E-state index in [1.807, 2.05) is 11.8 Å². The number of rotatable bonds is 2. The highest BCUT2D eigenvalue weighted by Gasteiger charge is 2.40. The molecular formula is C13H21N5OS. The third-order valence-corrected chi connectivity index (χ3v) is 5.14. The van der Waals surface area contributed by atoms with Gasteiger partial charge < -0.3 is 15.5 Å². The molecule has 2 aliphatic rings. The van der Waals surface area contributed by atoms with Crippen LogP contribution in [0.1, 0.15) is 31.5 Å². The summed E-state index contributed by atoms with van der Waals surface area (Å²) < 4.78 is 4.21. The summed E-state index contributed by atoms with van der Waals surface area (Å²) in [5.41, 5.74) is 5.66. The molecule has 1 aliphatic carbocycles. The standard InChI is InChI=1S/C13H21N5OS/c1-10-15-12(20-16-10)18-8-6-17(7-9-18)11(19)13(14)4-2-3-5-13/h2-9,14H2,1H3. The minimum Gasteiger partial charge on any atom is -0.343 e. The molecule has 1 saturated heterocycles. The van der Waals surface area contributed by atoms with Crippen LogP contribution in [0.2, 0.25) is 0 Å². The summed E-state index contributed by atoms with van der Waals surface area (Å²) in [6.45, 7) is 5.00. The fraction of sp³-hybridized carbons (Fsp3) is 0.769. The van der Waals surface area contributed by atoms with Crippen LogP contribution in [0.5, 0.6) is 0 Å². The van der Waals surface area contributed by atoms with E-state index in [0.717, 1.165) is 62.8 Å². The number of piperazine rings is 1. The van der Waals surface area contributed by atoms with Crippen LogP contribution >= 0.6 is 11.5 Å². The zero-order valence-electron chi connectivity index (χ0n) is 11.8. The molecule has 2 heterocycles. The number of nitrogens with zero attached hydrogens (tertiary/aromatic N) is 4. The van der Waals surface area contributed by atoms with Crippen molar-refractivity contribution in [1.29, 1.82) is 0 Å². The van der Waals surface area contributed by atoms with Crippen molar-refractivity contribution in [2.45, 2.75) is 38.1 Å². The van der Waals surface area contributed by atoms with E-state index >= 15 is 0 Å². The minimum absolute atomic E-state index is 0.142. The van der Waals surface area contributed by atoms with E-state index in [1.54, 1.807) is 0 Å². The fourth-order valence-electron chi connectivity index (χ4n) is 3.05. The Morgan fingerprint density at radius 2 is 1.90 bits per heavy atom. The summed E-state index contributed by atoms with van der Waals surface area (Å²) in [5.74, 6) is 0.957. The van der Waals surface area contributed by atoms with Gasteiger partial charge in [-0.1, -0.05) is 12.8 Å². The topological polar surface area (TPSA) is 75.4 Å². The van der Waals surface area contributed by atoms with Crippen molar-refractivity contribution < 1.29 is 4.79 Å². The summed E-state index contributed by atoms with van der Waals surface area (Å²) in [6, 6.07) is 0. The lowest BCUT2D eigenvalue weighted by Crippen LogP contribution is -2.58. The van der Waals surface area contributed by atoms with Crippen molar-refractivity contribution in [3.8, 4) is 0 Å². The van der Waals surface area contributed by atoms with Gasteiger partial charge in [0.2, 0.25) is 11.0 Å². The lowest BCUT2D eigenvalue weighted by atomic mass is 9.97. The number of carbonyl (C=O) groups excluding carboxylic acids is 1. The third kappa shape index (κ3) is 2.52. The Morgan fingerprint density at radius 1 is 1.25 bits per heavy atom. The molecule has 110 valence electrons. The van der Waals surface area contributed by atoms with E-state index in [-0.39, 0.29) is 5.91 Å². The monoisotopic (exact) mass is 295 g/mol. The second-order valence-corrected chi connectivity index (χ2v) is 6.50. The second kappa shape index (κ2) is 5.29. The van der Waals surface area contributed by atoms with Crippen molar-refractivity contribution in [2.24, 2.45) is 5.73 Å². The lowest BCUT2D eigenvalue weighted by Gasteiger charge is -2.38. The molecule has 20 heavy (non-hydrogen) atoms. The van der Waals surface area contributed by atoms with Gasteiger partial charge in [0.05, 0.1) is 5.54 Å². The predicted octanol–water partition coefficient (Wildman–Crippen LogP) is 0.767. The largest absolute Gasteiger partial charge is 0.343 e.